The second-order valence-electron chi connectivity index (χ2n) is 19.9. The van der Waals surface area contributed by atoms with Crippen LogP contribution in [0.4, 0.5) is 9.18 Å². The number of pyridine rings is 1. The van der Waals surface area contributed by atoms with Crippen molar-refractivity contribution >= 4 is 44.7 Å². The monoisotopic (exact) mass is 910 g/mol. The van der Waals surface area contributed by atoms with E-state index in [9.17, 15) is 32.0 Å². The van der Waals surface area contributed by atoms with E-state index in [0.717, 1.165) is 58.2 Å². The fourth-order valence-electron chi connectivity index (χ4n) is 9.30. The molecule has 18 heteroatoms. The first-order chi connectivity index (χ1) is 30.4. The molecule has 1 aromatic carbocycles. The summed E-state index contributed by atoms with van der Waals surface area (Å²) in [6, 6.07) is 2.02. The van der Waals surface area contributed by atoms with Crippen LogP contribution >= 0.6 is 0 Å². The Labute approximate surface area is 374 Å². The number of alkyl carbamates (subject to hydrolysis) is 1. The molecule has 3 aliphatic carbocycles. The van der Waals surface area contributed by atoms with Crippen molar-refractivity contribution in [1.29, 1.82) is 0 Å². The van der Waals surface area contributed by atoms with Crippen LogP contribution in [0.5, 0.6) is 11.6 Å². The third-order valence-electron chi connectivity index (χ3n) is 13.9. The Kier molecular flexibility index (Phi) is 13.0. The molecule has 350 valence electrons. The lowest BCUT2D eigenvalue weighted by Gasteiger charge is -2.35. The Morgan fingerprint density at radius 2 is 1.88 bits per heavy atom. The van der Waals surface area contributed by atoms with Gasteiger partial charge in [-0.2, -0.15) is 0 Å². The number of ether oxygens (including phenoxy) is 4. The molecule has 2 saturated heterocycles. The van der Waals surface area contributed by atoms with Crippen molar-refractivity contribution in [3.05, 3.63) is 42.2 Å². The van der Waals surface area contributed by atoms with Gasteiger partial charge in [0, 0.05) is 43.4 Å². The quantitative estimate of drug-likeness (QED) is 0.211. The first-order valence-corrected chi connectivity index (χ1v) is 24.4. The molecule has 3 aliphatic heterocycles. The molecule has 3 N–H and O–H groups in total. The van der Waals surface area contributed by atoms with Gasteiger partial charge in [-0.3, -0.25) is 24.0 Å². The maximum atomic E-state index is 14.9. The van der Waals surface area contributed by atoms with Crippen molar-refractivity contribution in [2.75, 3.05) is 46.0 Å². The van der Waals surface area contributed by atoms with Crippen molar-refractivity contribution in [3.8, 4) is 11.6 Å². The molecule has 2 bridgehead atoms. The van der Waals surface area contributed by atoms with Crippen LogP contribution in [-0.4, -0.2) is 128 Å². The third-order valence-corrected chi connectivity index (χ3v) is 16.1. The van der Waals surface area contributed by atoms with Gasteiger partial charge in [0.05, 0.1) is 42.2 Å². The minimum atomic E-state index is -4.04. The smallest absolute Gasteiger partial charge is 0.408 e. The SMILES string of the molecule is C=C[C@@H]1C[C@]1(NC(=O)[C@@H]1C[C@@H]2CN1C(=O)[C@H](C(C)(C)C)NC(=O)O[C@@H]1C[C@H]1CCCCCc1c(nc3cc(F)ccc3c1OCCCN1CCOCC1)O2)C(=O)NS(=O)(=O)C1(C)CC1. The number of hydrogen-bond acceptors (Lipinski definition) is 12. The lowest BCUT2D eigenvalue weighted by molar-refractivity contribution is -0.142. The van der Waals surface area contributed by atoms with E-state index in [0.29, 0.717) is 61.3 Å². The highest BCUT2D eigenvalue weighted by molar-refractivity contribution is 7.91. The second-order valence-corrected chi connectivity index (χ2v) is 22.1. The summed E-state index contributed by atoms with van der Waals surface area (Å²) in [7, 11) is -4.04. The van der Waals surface area contributed by atoms with Crippen LogP contribution in [-0.2, 0) is 40.3 Å². The Morgan fingerprint density at radius 3 is 2.58 bits per heavy atom. The van der Waals surface area contributed by atoms with Crippen LogP contribution in [0.3, 0.4) is 0 Å². The average Bonchev–Trinajstić information content (AvgIpc) is 4.21. The largest absolute Gasteiger partial charge is 0.492 e. The predicted molar refractivity (Wildman–Crippen MR) is 234 cm³/mol. The van der Waals surface area contributed by atoms with E-state index in [4.69, 9.17) is 23.9 Å². The van der Waals surface area contributed by atoms with Crippen LogP contribution in [0.1, 0.15) is 97.5 Å². The highest BCUT2D eigenvalue weighted by Crippen LogP contribution is 2.47. The lowest BCUT2D eigenvalue weighted by Crippen LogP contribution is -2.60. The zero-order chi connectivity index (χ0) is 45.6. The molecule has 3 saturated carbocycles. The molecule has 0 spiro atoms. The molecule has 0 unspecified atom stereocenters. The molecular formula is C46H63FN6O10S. The number of halogens is 1. The fourth-order valence-corrected chi connectivity index (χ4v) is 10.6. The van der Waals surface area contributed by atoms with Crippen molar-refractivity contribution in [3.63, 3.8) is 0 Å². The van der Waals surface area contributed by atoms with Crippen LogP contribution in [0.15, 0.2) is 30.9 Å². The summed E-state index contributed by atoms with van der Waals surface area (Å²) in [6.07, 6.45) is 5.93. The Balaban J connectivity index is 1.12. The molecule has 4 heterocycles. The Bertz CT molecular complexity index is 2260. The van der Waals surface area contributed by atoms with E-state index in [-0.39, 0.29) is 37.3 Å². The highest BCUT2D eigenvalue weighted by Gasteiger charge is 2.63. The Morgan fingerprint density at radius 1 is 1.11 bits per heavy atom. The summed E-state index contributed by atoms with van der Waals surface area (Å²) >= 11 is 0. The minimum absolute atomic E-state index is 0.0481. The van der Waals surface area contributed by atoms with Crippen LogP contribution in [0, 0.1) is 23.1 Å². The number of sulfonamides is 1. The number of rotatable bonds is 11. The molecule has 1 aromatic heterocycles. The van der Waals surface area contributed by atoms with Gasteiger partial charge in [-0.15, -0.1) is 6.58 Å². The van der Waals surface area contributed by atoms with Crippen molar-refractivity contribution in [1.82, 2.24) is 30.1 Å². The Hall–Kier alpha value is -4.55. The molecule has 4 amide bonds. The maximum absolute atomic E-state index is 14.9. The van der Waals surface area contributed by atoms with Gasteiger partial charge in [-0.05, 0) is 81.8 Å². The third kappa shape index (κ3) is 9.83. The number of aromatic nitrogens is 1. The molecule has 5 fully saturated rings. The molecule has 2 aromatic rings. The van der Waals surface area contributed by atoms with Crippen LogP contribution in [0.25, 0.3) is 10.9 Å². The lowest BCUT2D eigenvalue weighted by atomic mass is 9.85. The zero-order valence-electron chi connectivity index (χ0n) is 37.4. The van der Waals surface area contributed by atoms with Gasteiger partial charge in [0.15, 0.2) is 0 Å². The number of fused-ring (bicyclic) bond motifs is 5. The van der Waals surface area contributed by atoms with E-state index >= 15 is 0 Å². The van der Waals surface area contributed by atoms with Crippen LogP contribution in [0.2, 0.25) is 0 Å². The first-order valence-electron chi connectivity index (χ1n) is 22.9. The standard InChI is InChI=1S/C46H63FN6O10S/c1-6-29-26-46(29,42(56)51-64(58,59)45(5)15-16-45)50-39(54)35-25-31-27-53(35)41(55)38(44(2,3)4)49-43(57)63-36-23-28(36)11-8-7-9-12-33-37(61-20-10-17-52-18-21-60-22-19-52)32-14-13-30(47)24-34(32)48-40(33)62-31/h6,13-14,24,28-29,31,35-36,38H,1,7-12,15-23,25-27H2,2-5H3,(H,49,57)(H,50,54)(H,51,56)/t28-,29-,31-,35+,36-,38-,46-/m1/s1. The number of nitrogens with one attached hydrogen (secondary N) is 3. The van der Waals surface area contributed by atoms with Gasteiger partial charge in [-0.1, -0.05) is 39.7 Å². The van der Waals surface area contributed by atoms with Gasteiger partial charge in [0.25, 0.3) is 5.91 Å². The van der Waals surface area contributed by atoms with Gasteiger partial charge in [0.2, 0.25) is 27.7 Å². The number of benzene rings is 1. The van der Waals surface area contributed by atoms with Gasteiger partial charge >= 0.3 is 6.09 Å². The molecule has 8 rings (SSSR count). The predicted octanol–water partition coefficient (Wildman–Crippen LogP) is 4.53. The van der Waals surface area contributed by atoms with Gasteiger partial charge < -0.3 is 34.5 Å². The average molecular weight is 911 g/mol. The molecule has 16 nitrogen and oxygen atoms in total. The van der Waals surface area contributed by atoms with Crippen molar-refractivity contribution in [2.45, 2.75) is 133 Å². The minimum Gasteiger partial charge on any atom is -0.492 e. The van der Waals surface area contributed by atoms with E-state index in [1.54, 1.807) is 33.8 Å². The van der Waals surface area contributed by atoms with Crippen LogP contribution < -0.4 is 24.8 Å². The fraction of sp³-hybridized carbons (Fsp3) is 0.674. The molecule has 0 radical (unpaired) electrons. The van der Waals surface area contributed by atoms with E-state index in [2.05, 4.69) is 26.8 Å². The van der Waals surface area contributed by atoms with E-state index < -0.39 is 79.5 Å². The summed E-state index contributed by atoms with van der Waals surface area (Å²) < 4.78 is 67.1. The molecule has 6 aliphatic rings. The number of carbonyl (C=O) groups excluding carboxylic acids is 4. The number of nitrogens with zero attached hydrogens (tertiary/aromatic N) is 3. The van der Waals surface area contributed by atoms with Gasteiger partial charge in [-0.25, -0.2) is 22.6 Å². The van der Waals surface area contributed by atoms with Crippen molar-refractivity contribution in [2.24, 2.45) is 17.3 Å². The zero-order valence-corrected chi connectivity index (χ0v) is 38.2. The van der Waals surface area contributed by atoms with E-state index in [1.807, 2.05) is 0 Å². The number of hydrogen-bond donors (Lipinski definition) is 3. The molecular weight excluding hydrogens is 848 g/mol. The molecule has 64 heavy (non-hydrogen) atoms. The summed E-state index contributed by atoms with van der Waals surface area (Å²) in [5, 5.41) is 6.28. The van der Waals surface area contributed by atoms with Crippen molar-refractivity contribution < 1.29 is 50.9 Å². The topological polar surface area (TPSA) is 195 Å². The van der Waals surface area contributed by atoms with E-state index in [1.165, 1.54) is 23.1 Å². The van der Waals surface area contributed by atoms with Gasteiger partial charge in [0.1, 0.15) is 41.4 Å². The number of morpholine rings is 1. The first kappa shape index (κ1) is 46.0. The molecule has 7 atom stereocenters. The highest BCUT2D eigenvalue weighted by atomic mass is 32.2. The summed E-state index contributed by atoms with van der Waals surface area (Å²) in [5.41, 5.74) is -1.43. The second kappa shape index (κ2) is 18.0. The summed E-state index contributed by atoms with van der Waals surface area (Å²) in [6.45, 7) is 15.0. The summed E-state index contributed by atoms with van der Waals surface area (Å²) in [5.74, 6) is -2.23. The summed E-state index contributed by atoms with van der Waals surface area (Å²) in [4.78, 5) is 65.3. The number of amides is 4. The maximum Gasteiger partial charge on any atom is 0.408 e. The number of carbonyl (C=O) groups is 4. The normalized spacial score (nSPS) is 29.7.